The SMILES string of the molecule is C[C@@H](OC(=O)[C@@H]1CC(=O)N(C2CCCC2)C1)c1nnc(-c2ccc([N+](=O)[O-])cc2)o1. The van der Waals surface area contributed by atoms with E-state index in [0.717, 1.165) is 25.7 Å². The van der Waals surface area contributed by atoms with E-state index in [2.05, 4.69) is 10.2 Å². The minimum Gasteiger partial charge on any atom is -0.452 e. The third-order valence-corrected chi connectivity index (χ3v) is 5.66. The first-order valence-electron chi connectivity index (χ1n) is 10.0. The van der Waals surface area contributed by atoms with Gasteiger partial charge in [0.1, 0.15) is 0 Å². The molecule has 0 bridgehead atoms. The quantitative estimate of drug-likeness (QED) is 0.401. The summed E-state index contributed by atoms with van der Waals surface area (Å²) >= 11 is 0. The molecule has 30 heavy (non-hydrogen) atoms. The average Bonchev–Trinajstić information content (AvgIpc) is 3.48. The molecule has 0 unspecified atom stereocenters. The van der Waals surface area contributed by atoms with Crippen LogP contribution in [0.4, 0.5) is 5.69 Å². The number of hydrogen-bond donors (Lipinski definition) is 0. The van der Waals surface area contributed by atoms with Gasteiger partial charge in [0.25, 0.3) is 11.6 Å². The fourth-order valence-corrected chi connectivity index (χ4v) is 4.02. The molecule has 1 aromatic carbocycles. The molecule has 0 N–H and O–H groups in total. The molecule has 1 aromatic heterocycles. The van der Waals surface area contributed by atoms with Crippen LogP contribution in [0.5, 0.6) is 0 Å². The third kappa shape index (κ3) is 4.03. The molecule has 2 fully saturated rings. The Morgan fingerprint density at radius 2 is 1.97 bits per heavy atom. The Hall–Kier alpha value is -3.30. The van der Waals surface area contributed by atoms with Crippen LogP contribution >= 0.6 is 0 Å². The molecule has 1 amide bonds. The largest absolute Gasteiger partial charge is 0.452 e. The predicted molar refractivity (Wildman–Crippen MR) is 103 cm³/mol. The molecule has 4 rings (SSSR count). The van der Waals surface area contributed by atoms with Crippen molar-refractivity contribution in [1.82, 2.24) is 15.1 Å². The van der Waals surface area contributed by atoms with Crippen molar-refractivity contribution >= 4 is 17.6 Å². The monoisotopic (exact) mass is 414 g/mol. The van der Waals surface area contributed by atoms with Gasteiger partial charge in [-0.05, 0) is 31.9 Å². The molecule has 10 heteroatoms. The summed E-state index contributed by atoms with van der Waals surface area (Å²) in [7, 11) is 0. The van der Waals surface area contributed by atoms with E-state index in [9.17, 15) is 19.7 Å². The van der Waals surface area contributed by atoms with Crippen molar-refractivity contribution in [2.75, 3.05) is 6.54 Å². The molecule has 1 aliphatic carbocycles. The van der Waals surface area contributed by atoms with Crippen LogP contribution in [0.25, 0.3) is 11.5 Å². The minimum absolute atomic E-state index is 0.00903. The van der Waals surface area contributed by atoms with Crippen LogP contribution in [-0.4, -0.2) is 44.5 Å². The summed E-state index contributed by atoms with van der Waals surface area (Å²) < 4.78 is 11.0. The number of non-ortho nitro benzene ring substituents is 1. The number of amides is 1. The van der Waals surface area contributed by atoms with Crippen molar-refractivity contribution in [3.05, 3.63) is 40.3 Å². The van der Waals surface area contributed by atoms with E-state index < -0.39 is 22.9 Å². The highest BCUT2D eigenvalue weighted by Gasteiger charge is 2.40. The zero-order chi connectivity index (χ0) is 21.3. The zero-order valence-corrected chi connectivity index (χ0v) is 16.5. The molecule has 2 aromatic rings. The van der Waals surface area contributed by atoms with Gasteiger partial charge in [0.05, 0.1) is 10.8 Å². The van der Waals surface area contributed by atoms with E-state index in [4.69, 9.17) is 9.15 Å². The molecule has 10 nitrogen and oxygen atoms in total. The van der Waals surface area contributed by atoms with Crippen molar-refractivity contribution in [2.24, 2.45) is 5.92 Å². The number of nitrogens with zero attached hydrogens (tertiary/aromatic N) is 4. The number of hydrogen-bond acceptors (Lipinski definition) is 8. The number of rotatable bonds is 6. The lowest BCUT2D eigenvalue weighted by Crippen LogP contribution is -2.35. The van der Waals surface area contributed by atoms with Gasteiger partial charge < -0.3 is 14.1 Å². The summed E-state index contributed by atoms with van der Waals surface area (Å²) in [6.45, 7) is 2.02. The summed E-state index contributed by atoms with van der Waals surface area (Å²) in [6, 6.07) is 5.95. The van der Waals surface area contributed by atoms with E-state index >= 15 is 0 Å². The van der Waals surface area contributed by atoms with Gasteiger partial charge in [-0.15, -0.1) is 10.2 Å². The van der Waals surface area contributed by atoms with Gasteiger partial charge in [-0.3, -0.25) is 19.7 Å². The number of ether oxygens (including phenoxy) is 1. The van der Waals surface area contributed by atoms with Crippen LogP contribution < -0.4 is 0 Å². The van der Waals surface area contributed by atoms with Gasteiger partial charge in [-0.2, -0.15) is 0 Å². The number of likely N-dealkylation sites (tertiary alicyclic amines) is 1. The molecule has 2 atom stereocenters. The molecule has 0 spiro atoms. The smallest absolute Gasteiger partial charge is 0.312 e. The standard InChI is InChI=1S/C20H22N4O6/c1-12(18-21-22-19(30-18)13-6-8-16(9-7-13)24(27)28)29-20(26)14-10-17(25)23(11-14)15-4-2-3-5-15/h6-9,12,14-15H,2-5,10-11H2,1H3/t12-,14-/m1/s1. The lowest BCUT2D eigenvalue weighted by atomic mass is 10.1. The summed E-state index contributed by atoms with van der Waals surface area (Å²) in [5.41, 5.74) is 0.477. The maximum atomic E-state index is 12.6. The van der Waals surface area contributed by atoms with E-state index in [1.807, 2.05) is 4.90 Å². The highest BCUT2D eigenvalue weighted by atomic mass is 16.6. The number of carbonyl (C=O) groups excluding carboxylic acids is 2. The van der Waals surface area contributed by atoms with Crippen LogP contribution in [-0.2, 0) is 14.3 Å². The minimum atomic E-state index is -0.771. The second kappa shape index (κ2) is 8.21. The van der Waals surface area contributed by atoms with Crippen LogP contribution in [0.15, 0.2) is 28.7 Å². The van der Waals surface area contributed by atoms with Crippen molar-refractivity contribution in [1.29, 1.82) is 0 Å². The van der Waals surface area contributed by atoms with Crippen LogP contribution in [0.2, 0.25) is 0 Å². The summed E-state index contributed by atoms with van der Waals surface area (Å²) in [5.74, 6) is -0.640. The average molecular weight is 414 g/mol. The summed E-state index contributed by atoms with van der Waals surface area (Å²) in [5, 5.41) is 18.6. The lowest BCUT2D eigenvalue weighted by Gasteiger charge is -2.23. The molecular weight excluding hydrogens is 392 g/mol. The van der Waals surface area contributed by atoms with Crippen LogP contribution in [0.3, 0.4) is 0 Å². The summed E-state index contributed by atoms with van der Waals surface area (Å²) in [6.07, 6.45) is 3.63. The Labute approximate surface area is 172 Å². The maximum absolute atomic E-state index is 12.6. The Morgan fingerprint density at radius 3 is 2.63 bits per heavy atom. The molecule has 0 radical (unpaired) electrons. The zero-order valence-electron chi connectivity index (χ0n) is 16.5. The molecule has 2 heterocycles. The van der Waals surface area contributed by atoms with Crippen LogP contribution in [0.1, 0.15) is 51.0 Å². The van der Waals surface area contributed by atoms with Crippen molar-refractivity contribution in [3.8, 4) is 11.5 Å². The van der Waals surface area contributed by atoms with Gasteiger partial charge in [-0.25, -0.2) is 0 Å². The second-order valence-electron chi connectivity index (χ2n) is 7.71. The number of esters is 1. The van der Waals surface area contributed by atoms with Crippen LogP contribution in [0, 0.1) is 16.0 Å². The van der Waals surface area contributed by atoms with Gasteiger partial charge in [-0.1, -0.05) is 12.8 Å². The van der Waals surface area contributed by atoms with Crippen molar-refractivity contribution in [2.45, 2.75) is 51.2 Å². The van der Waals surface area contributed by atoms with Gasteiger partial charge in [0.15, 0.2) is 6.10 Å². The Morgan fingerprint density at radius 1 is 1.27 bits per heavy atom. The molecular formula is C20H22N4O6. The predicted octanol–water partition coefficient (Wildman–Crippen LogP) is 3.04. The normalized spacial score (nSPS) is 20.5. The fourth-order valence-electron chi connectivity index (χ4n) is 4.02. The van der Waals surface area contributed by atoms with E-state index in [1.165, 1.54) is 24.3 Å². The number of benzene rings is 1. The lowest BCUT2D eigenvalue weighted by molar-refractivity contribution is -0.384. The first kappa shape index (κ1) is 20.0. The van der Waals surface area contributed by atoms with E-state index in [0.29, 0.717) is 12.1 Å². The topological polar surface area (TPSA) is 129 Å². The first-order chi connectivity index (χ1) is 14.4. The Kier molecular flexibility index (Phi) is 5.47. The molecule has 2 aliphatic rings. The second-order valence-corrected chi connectivity index (χ2v) is 7.71. The molecule has 1 saturated heterocycles. The molecule has 1 saturated carbocycles. The van der Waals surface area contributed by atoms with E-state index in [1.54, 1.807) is 6.92 Å². The number of nitro benzene ring substituents is 1. The molecule has 158 valence electrons. The van der Waals surface area contributed by atoms with Crippen molar-refractivity contribution in [3.63, 3.8) is 0 Å². The van der Waals surface area contributed by atoms with E-state index in [-0.39, 0.29) is 35.8 Å². The highest BCUT2D eigenvalue weighted by molar-refractivity contribution is 5.87. The van der Waals surface area contributed by atoms with Gasteiger partial charge in [0, 0.05) is 36.7 Å². The highest BCUT2D eigenvalue weighted by Crippen LogP contribution is 2.31. The first-order valence-corrected chi connectivity index (χ1v) is 10.0. The summed E-state index contributed by atoms with van der Waals surface area (Å²) in [4.78, 5) is 36.9. The van der Waals surface area contributed by atoms with Gasteiger partial charge >= 0.3 is 5.97 Å². The maximum Gasteiger partial charge on any atom is 0.312 e. The van der Waals surface area contributed by atoms with Crippen molar-refractivity contribution < 1.29 is 23.7 Å². The van der Waals surface area contributed by atoms with Gasteiger partial charge in [0.2, 0.25) is 11.8 Å². The number of aromatic nitrogens is 2. The fraction of sp³-hybridized carbons (Fsp3) is 0.500. The third-order valence-electron chi connectivity index (χ3n) is 5.66. The molecule has 1 aliphatic heterocycles. The Balaban J connectivity index is 1.37. The Bertz CT molecular complexity index is 950. The number of carbonyl (C=O) groups is 2. The number of nitro groups is 1.